The van der Waals surface area contributed by atoms with Crippen LogP contribution in [0.25, 0.3) is 11.0 Å². The van der Waals surface area contributed by atoms with Crippen LogP contribution in [-0.2, 0) is 0 Å². The molecule has 84 valence electrons. The topological polar surface area (TPSA) is 40.7 Å². The molecule has 1 aliphatic rings. The number of nitrogens with one attached hydrogen (secondary N) is 2. The first-order valence-electron chi connectivity index (χ1n) is 5.95. The minimum absolute atomic E-state index is 0.423. The highest BCUT2D eigenvalue weighted by Gasteiger charge is 2.19. The molecule has 1 saturated heterocycles. The van der Waals surface area contributed by atoms with Gasteiger partial charge in [-0.15, -0.1) is 0 Å². The molecule has 2 heterocycles. The highest BCUT2D eigenvalue weighted by Crippen LogP contribution is 2.25. The van der Waals surface area contributed by atoms with Gasteiger partial charge in [0, 0.05) is 0 Å². The molecule has 0 bridgehead atoms. The van der Waals surface area contributed by atoms with Crippen molar-refractivity contribution in [2.75, 3.05) is 6.54 Å². The summed E-state index contributed by atoms with van der Waals surface area (Å²) >= 11 is 0. The van der Waals surface area contributed by atoms with E-state index in [0.717, 1.165) is 23.4 Å². The van der Waals surface area contributed by atoms with Gasteiger partial charge in [-0.2, -0.15) is 0 Å². The summed E-state index contributed by atoms with van der Waals surface area (Å²) in [6, 6.07) is 4.71. The highest BCUT2D eigenvalue weighted by atomic mass is 15.0. The molecule has 1 aromatic carbocycles. The summed E-state index contributed by atoms with van der Waals surface area (Å²) in [7, 11) is 0. The number of rotatable bonds is 1. The van der Waals surface area contributed by atoms with Crippen molar-refractivity contribution in [1.29, 1.82) is 0 Å². The summed E-state index contributed by atoms with van der Waals surface area (Å²) in [4.78, 5) is 8.17. The third-order valence-electron chi connectivity index (χ3n) is 3.59. The molecule has 0 radical (unpaired) electrons. The van der Waals surface area contributed by atoms with Crippen LogP contribution in [0.15, 0.2) is 12.1 Å². The summed E-state index contributed by atoms with van der Waals surface area (Å²) in [5.41, 5.74) is 4.89. The molecular weight excluding hydrogens is 198 g/mol. The van der Waals surface area contributed by atoms with E-state index in [2.05, 4.69) is 36.3 Å². The Kier molecular flexibility index (Phi) is 2.21. The SMILES string of the molecule is Cc1ccc2[nH]c(C3CCCN3)nc2c1C. The molecule has 1 aliphatic heterocycles. The number of hydrogen-bond acceptors (Lipinski definition) is 2. The van der Waals surface area contributed by atoms with Crippen LogP contribution in [0, 0.1) is 13.8 Å². The lowest BCUT2D eigenvalue weighted by atomic mass is 10.1. The van der Waals surface area contributed by atoms with Crippen LogP contribution in [0.3, 0.4) is 0 Å². The van der Waals surface area contributed by atoms with Crippen LogP contribution >= 0.6 is 0 Å². The molecule has 1 atom stereocenters. The highest BCUT2D eigenvalue weighted by molar-refractivity contribution is 5.79. The Balaban J connectivity index is 2.11. The number of H-pyrrole nitrogens is 1. The van der Waals surface area contributed by atoms with Crippen LogP contribution in [-0.4, -0.2) is 16.5 Å². The molecule has 16 heavy (non-hydrogen) atoms. The summed E-state index contributed by atoms with van der Waals surface area (Å²) in [5.74, 6) is 1.10. The fraction of sp³-hybridized carbons (Fsp3) is 0.462. The normalized spacial score (nSPS) is 20.8. The number of nitrogens with zero attached hydrogens (tertiary/aromatic N) is 1. The van der Waals surface area contributed by atoms with Crippen molar-refractivity contribution < 1.29 is 0 Å². The Morgan fingerprint density at radius 2 is 2.19 bits per heavy atom. The maximum absolute atomic E-state index is 4.74. The van der Waals surface area contributed by atoms with E-state index in [4.69, 9.17) is 4.98 Å². The van der Waals surface area contributed by atoms with Gasteiger partial charge in [0.1, 0.15) is 5.82 Å². The number of imidazole rings is 1. The lowest BCUT2D eigenvalue weighted by Crippen LogP contribution is -2.14. The summed E-state index contributed by atoms with van der Waals surface area (Å²) in [5, 5.41) is 3.47. The first-order chi connectivity index (χ1) is 7.75. The molecule has 3 heteroatoms. The molecule has 1 fully saturated rings. The van der Waals surface area contributed by atoms with Gasteiger partial charge in [-0.25, -0.2) is 4.98 Å². The second-order valence-corrected chi connectivity index (χ2v) is 4.67. The quantitative estimate of drug-likeness (QED) is 0.767. The van der Waals surface area contributed by atoms with Crippen molar-refractivity contribution in [3.63, 3.8) is 0 Å². The Hall–Kier alpha value is -1.35. The van der Waals surface area contributed by atoms with E-state index in [-0.39, 0.29) is 0 Å². The Morgan fingerprint density at radius 1 is 1.31 bits per heavy atom. The molecule has 3 nitrogen and oxygen atoms in total. The second-order valence-electron chi connectivity index (χ2n) is 4.67. The minimum atomic E-state index is 0.423. The molecule has 3 rings (SSSR count). The predicted octanol–water partition coefficient (Wildman–Crippen LogP) is 2.60. The molecule has 0 saturated carbocycles. The van der Waals surface area contributed by atoms with E-state index in [1.165, 1.54) is 24.0 Å². The zero-order valence-electron chi connectivity index (χ0n) is 9.80. The molecule has 0 aliphatic carbocycles. The van der Waals surface area contributed by atoms with Crippen LogP contribution in [0.2, 0.25) is 0 Å². The monoisotopic (exact) mass is 215 g/mol. The Labute approximate surface area is 95.3 Å². The van der Waals surface area contributed by atoms with Crippen molar-refractivity contribution in [3.8, 4) is 0 Å². The Morgan fingerprint density at radius 3 is 2.94 bits per heavy atom. The standard InChI is InChI=1S/C13H17N3/c1-8-5-6-10-12(9(8)2)16-13(15-10)11-4-3-7-14-11/h5-6,11,14H,3-4,7H2,1-2H3,(H,15,16). The maximum Gasteiger partial charge on any atom is 0.124 e. The van der Waals surface area contributed by atoms with E-state index >= 15 is 0 Å². The number of aromatic amines is 1. The number of aryl methyl sites for hydroxylation is 2. The molecular formula is C13H17N3. The van der Waals surface area contributed by atoms with Gasteiger partial charge in [-0.05, 0) is 50.4 Å². The smallest absolute Gasteiger partial charge is 0.124 e. The van der Waals surface area contributed by atoms with E-state index in [1.54, 1.807) is 0 Å². The molecule has 0 amide bonds. The first kappa shape index (κ1) is 9.85. The number of aromatic nitrogens is 2. The minimum Gasteiger partial charge on any atom is -0.341 e. The van der Waals surface area contributed by atoms with Crippen LogP contribution < -0.4 is 5.32 Å². The van der Waals surface area contributed by atoms with Crippen LogP contribution in [0.1, 0.15) is 35.8 Å². The van der Waals surface area contributed by atoms with Crippen molar-refractivity contribution in [2.24, 2.45) is 0 Å². The molecule has 2 N–H and O–H groups in total. The van der Waals surface area contributed by atoms with Gasteiger partial charge in [-0.3, -0.25) is 0 Å². The van der Waals surface area contributed by atoms with Crippen LogP contribution in [0.4, 0.5) is 0 Å². The molecule has 2 aromatic rings. The first-order valence-corrected chi connectivity index (χ1v) is 5.95. The molecule has 1 aromatic heterocycles. The van der Waals surface area contributed by atoms with Crippen LogP contribution in [0.5, 0.6) is 0 Å². The van der Waals surface area contributed by atoms with Gasteiger partial charge in [0.05, 0.1) is 17.1 Å². The van der Waals surface area contributed by atoms with Crippen molar-refractivity contribution in [3.05, 3.63) is 29.1 Å². The third-order valence-corrected chi connectivity index (χ3v) is 3.59. The third kappa shape index (κ3) is 1.43. The average Bonchev–Trinajstić information content (AvgIpc) is 2.91. The lowest BCUT2D eigenvalue weighted by Gasteiger charge is -2.04. The number of hydrogen-bond donors (Lipinski definition) is 2. The fourth-order valence-electron chi connectivity index (χ4n) is 2.42. The number of benzene rings is 1. The predicted molar refractivity (Wildman–Crippen MR) is 65.5 cm³/mol. The summed E-state index contributed by atoms with van der Waals surface area (Å²) in [6.45, 7) is 5.39. The lowest BCUT2D eigenvalue weighted by molar-refractivity contribution is 0.614. The van der Waals surface area contributed by atoms with E-state index in [9.17, 15) is 0 Å². The van der Waals surface area contributed by atoms with Crippen molar-refractivity contribution >= 4 is 11.0 Å². The second kappa shape index (κ2) is 3.59. The van der Waals surface area contributed by atoms with E-state index < -0.39 is 0 Å². The zero-order valence-corrected chi connectivity index (χ0v) is 9.80. The molecule has 1 unspecified atom stereocenters. The average molecular weight is 215 g/mol. The van der Waals surface area contributed by atoms with E-state index in [1.807, 2.05) is 0 Å². The Bertz CT molecular complexity index is 521. The van der Waals surface area contributed by atoms with Gasteiger partial charge in [0.15, 0.2) is 0 Å². The van der Waals surface area contributed by atoms with Crippen molar-refractivity contribution in [2.45, 2.75) is 32.7 Å². The van der Waals surface area contributed by atoms with Gasteiger partial charge in [0.25, 0.3) is 0 Å². The summed E-state index contributed by atoms with van der Waals surface area (Å²) < 4.78 is 0. The summed E-state index contributed by atoms with van der Waals surface area (Å²) in [6.07, 6.45) is 2.44. The fourth-order valence-corrected chi connectivity index (χ4v) is 2.42. The maximum atomic E-state index is 4.74. The molecule has 0 spiro atoms. The zero-order chi connectivity index (χ0) is 11.1. The van der Waals surface area contributed by atoms with Gasteiger partial charge in [-0.1, -0.05) is 6.07 Å². The largest absolute Gasteiger partial charge is 0.341 e. The van der Waals surface area contributed by atoms with Gasteiger partial charge in [0.2, 0.25) is 0 Å². The van der Waals surface area contributed by atoms with Crippen molar-refractivity contribution in [1.82, 2.24) is 15.3 Å². The van der Waals surface area contributed by atoms with E-state index in [0.29, 0.717) is 6.04 Å². The van der Waals surface area contributed by atoms with Gasteiger partial charge < -0.3 is 10.3 Å². The van der Waals surface area contributed by atoms with Gasteiger partial charge >= 0.3 is 0 Å². The number of fused-ring (bicyclic) bond motifs is 1.